The number of carbonyl (C=O) groups excluding carboxylic acids is 1. The van der Waals surface area contributed by atoms with E-state index in [4.69, 9.17) is 16.3 Å². The molecule has 0 aliphatic carbocycles. The van der Waals surface area contributed by atoms with Crippen LogP contribution in [0.1, 0.15) is 18.7 Å². The van der Waals surface area contributed by atoms with E-state index in [0.717, 1.165) is 0 Å². The average Bonchev–Trinajstić information content (AvgIpc) is 2.59. The maximum atomic E-state index is 12.1. The fourth-order valence-electron chi connectivity index (χ4n) is 1.96. The quantitative estimate of drug-likeness (QED) is 0.780. The second kappa shape index (κ2) is 8.75. The maximum absolute atomic E-state index is 12.1. The Labute approximate surface area is 153 Å². The van der Waals surface area contributed by atoms with Crippen LogP contribution in [0.15, 0.2) is 42.6 Å². The molecule has 0 aliphatic rings. The first kappa shape index (κ1) is 19.8. The average molecular weight is 389 g/mol. The van der Waals surface area contributed by atoms with E-state index in [1.54, 1.807) is 31.2 Å². The molecule has 2 aromatic rings. The summed E-state index contributed by atoms with van der Waals surface area (Å²) in [6, 6.07) is 9.13. The van der Waals surface area contributed by atoms with Crippen LogP contribution in [0.2, 0.25) is 5.02 Å². The normalized spacial score (nSPS) is 12.3. The summed E-state index contributed by atoms with van der Waals surface area (Å²) in [5.74, 6) is -0.00969. The zero-order chi connectivity index (χ0) is 19.2. The van der Waals surface area contributed by atoms with E-state index in [2.05, 4.69) is 15.0 Å². The van der Waals surface area contributed by atoms with Gasteiger partial charge in [0.1, 0.15) is 11.5 Å². The van der Waals surface area contributed by atoms with Gasteiger partial charge in [-0.15, -0.1) is 0 Å². The number of hydrogen-bond acceptors (Lipinski definition) is 4. The van der Waals surface area contributed by atoms with E-state index in [-0.39, 0.29) is 12.4 Å². The second-order valence-electron chi connectivity index (χ2n) is 5.33. The summed E-state index contributed by atoms with van der Waals surface area (Å²) in [5, 5.41) is 3.06. The Balaban J connectivity index is 1.83. The molecular formula is C17H16ClF3N2O3. The van der Waals surface area contributed by atoms with Gasteiger partial charge >= 0.3 is 6.18 Å². The van der Waals surface area contributed by atoms with Gasteiger partial charge in [-0.3, -0.25) is 9.78 Å². The lowest BCUT2D eigenvalue weighted by atomic mass is 10.2. The lowest BCUT2D eigenvalue weighted by Crippen LogP contribution is -2.31. The van der Waals surface area contributed by atoms with Crippen molar-refractivity contribution in [3.05, 3.63) is 53.3 Å². The topological polar surface area (TPSA) is 60.5 Å². The highest BCUT2D eigenvalue weighted by molar-refractivity contribution is 6.32. The zero-order valence-corrected chi connectivity index (χ0v) is 14.5. The maximum Gasteiger partial charge on any atom is 0.422 e. The van der Waals surface area contributed by atoms with Gasteiger partial charge in [-0.05, 0) is 31.2 Å². The fraction of sp³-hybridized carbons (Fsp3) is 0.294. The standard InChI is InChI=1S/C17H16ClF3N2O3/c1-11(14-7-6-12(8-22-14)26-10-17(19,20)21)23-16(24)9-25-15-5-3-2-4-13(15)18/h2-8,11H,9-10H2,1H3,(H,23,24)/t11-/m1/s1. The van der Waals surface area contributed by atoms with Crippen molar-refractivity contribution < 1.29 is 27.4 Å². The molecule has 1 heterocycles. The monoisotopic (exact) mass is 388 g/mol. The summed E-state index contributed by atoms with van der Waals surface area (Å²) < 4.78 is 46.2. The van der Waals surface area contributed by atoms with Crippen molar-refractivity contribution in [1.29, 1.82) is 0 Å². The third-order valence-electron chi connectivity index (χ3n) is 3.18. The van der Waals surface area contributed by atoms with Crippen molar-refractivity contribution >= 4 is 17.5 Å². The number of benzene rings is 1. The van der Waals surface area contributed by atoms with Crippen LogP contribution < -0.4 is 14.8 Å². The number of pyridine rings is 1. The first-order chi connectivity index (χ1) is 12.2. The Hall–Kier alpha value is -2.48. The van der Waals surface area contributed by atoms with Crippen LogP contribution in [0.25, 0.3) is 0 Å². The number of rotatable bonds is 7. The number of carbonyl (C=O) groups is 1. The lowest BCUT2D eigenvalue weighted by molar-refractivity contribution is -0.153. The van der Waals surface area contributed by atoms with Gasteiger partial charge in [-0.2, -0.15) is 13.2 Å². The molecular weight excluding hydrogens is 373 g/mol. The number of alkyl halides is 3. The molecule has 0 saturated carbocycles. The van der Waals surface area contributed by atoms with E-state index in [9.17, 15) is 18.0 Å². The van der Waals surface area contributed by atoms with Crippen molar-refractivity contribution in [2.24, 2.45) is 0 Å². The summed E-state index contributed by atoms with van der Waals surface area (Å²) in [7, 11) is 0. The molecule has 1 amide bonds. The minimum atomic E-state index is -4.42. The van der Waals surface area contributed by atoms with Crippen molar-refractivity contribution in [2.45, 2.75) is 19.1 Å². The minimum absolute atomic E-state index is 0.00773. The number of halogens is 4. The second-order valence-corrected chi connectivity index (χ2v) is 5.74. The third kappa shape index (κ3) is 6.44. The number of amides is 1. The molecule has 1 atom stereocenters. The summed E-state index contributed by atoms with van der Waals surface area (Å²) in [5.41, 5.74) is 0.468. The van der Waals surface area contributed by atoms with Crippen molar-refractivity contribution in [3.8, 4) is 11.5 Å². The predicted octanol–water partition coefficient (Wildman–Crippen LogP) is 3.93. The molecule has 0 fully saturated rings. The Bertz CT molecular complexity index is 739. The van der Waals surface area contributed by atoms with Crippen LogP contribution in [-0.2, 0) is 4.79 Å². The number of nitrogens with zero attached hydrogens (tertiary/aromatic N) is 1. The summed E-state index contributed by atoms with van der Waals surface area (Å²) in [6.45, 7) is 0.0620. The molecule has 0 radical (unpaired) electrons. The third-order valence-corrected chi connectivity index (χ3v) is 3.49. The summed E-state index contributed by atoms with van der Waals surface area (Å²) in [6.07, 6.45) is -3.24. The van der Waals surface area contributed by atoms with Crippen molar-refractivity contribution in [3.63, 3.8) is 0 Å². The Morgan fingerprint density at radius 3 is 2.58 bits per heavy atom. The van der Waals surface area contributed by atoms with Crippen molar-refractivity contribution in [2.75, 3.05) is 13.2 Å². The molecule has 0 spiro atoms. The molecule has 9 heteroatoms. The predicted molar refractivity (Wildman–Crippen MR) is 89.3 cm³/mol. The molecule has 0 aliphatic heterocycles. The molecule has 1 aromatic carbocycles. The highest BCUT2D eigenvalue weighted by atomic mass is 35.5. The first-order valence-corrected chi connectivity index (χ1v) is 7.94. The van der Waals surface area contributed by atoms with Gasteiger partial charge in [0.15, 0.2) is 13.2 Å². The fourth-order valence-corrected chi connectivity index (χ4v) is 2.15. The highest BCUT2D eigenvalue weighted by Crippen LogP contribution is 2.23. The number of ether oxygens (including phenoxy) is 2. The van der Waals surface area contributed by atoms with Gasteiger partial charge in [-0.1, -0.05) is 23.7 Å². The van der Waals surface area contributed by atoms with Gasteiger partial charge in [0.2, 0.25) is 0 Å². The lowest BCUT2D eigenvalue weighted by Gasteiger charge is -2.15. The molecule has 0 saturated heterocycles. The molecule has 2 rings (SSSR count). The number of nitrogens with one attached hydrogen (secondary N) is 1. The molecule has 1 aromatic heterocycles. The van der Waals surface area contributed by atoms with Gasteiger partial charge in [0, 0.05) is 0 Å². The Kier molecular flexibility index (Phi) is 6.68. The van der Waals surface area contributed by atoms with E-state index in [1.165, 1.54) is 18.3 Å². The number of hydrogen-bond donors (Lipinski definition) is 1. The van der Waals surface area contributed by atoms with Crippen LogP contribution in [-0.4, -0.2) is 30.3 Å². The Morgan fingerprint density at radius 1 is 1.23 bits per heavy atom. The van der Waals surface area contributed by atoms with Gasteiger partial charge in [0.05, 0.1) is 23.0 Å². The zero-order valence-electron chi connectivity index (χ0n) is 13.7. The van der Waals surface area contributed by atoms with Crippen molar-refractivity contribution in [1.82, 2.24) is 10.3 Å². The molecule has 140 valence electrons. The van der Waals surface area contributed by atoms with Crippen LogP contribution in [0, 0.1) is 0 Å². The SMILES string of the molecule is C[C@@H](NC(=O)COc1ccccc1Cl)c1ccc(OCC(F)(F)F)cn1. The highest BCUT2D eigenvalue weighted by Gasteiger charge is 2.28. The van der Waals surface area contributed by atoms with E-state index in [1.807, 2.05) is 0 Å². The molecule has 1 N–H and O–H groups in total. The minimum Gasteiger partial charge on any atom is -0.483 e. The number of para-hydroxylation sites is 1. The van der Waals surface area contributed by atoms with Gasteiger partial charge in [0.25, 0.3) is 5.91 Å². The summed E-state index contributed by atoms with van der Waals surface area (Å²) in [4.78, 5) is 15.9. The van der Waals surface area contributed by atoms with Gasteiger partial charge in [-0.25, -0.2) is 0 Å². The largest absolute Gasteiger partial charge is 0.483 e. The smallest absolute Gasteiger partial charge is 0.422 e. The molecule has 0 bridgehead atoms. The summed E-state index contributed by atoms with van der Waals surface area (Å²) >= 11 is 5.93. The Morgan fingerprint density at radius 2 is 1.96 bits per heavy atom. The molecule has 5 nitrogen and oxygen atoms in total. The van der Waals surface area contributed by atoms with Crippen LogP contribution in [0.3, 0.4) is 0 Å². The van der Waals surface area contributed by atoms with E-state index in [0.29, 0.717) is 16.5 Å². The van der Waals surface area contributed by atoms with Crippen LogP contribution in [0.5, 0.6) is 11.5 Å². The first-order valence-electron chi connectivity index (χ1n) is 7.57. The molecule has 26 heavy (non-hydrogen) atoms. The van der Waals surface area contributed by atoms with Crippen LogP contribution in [0.4, 0.5) is 13.2 Å². The van der Waals surface area contributed by atoms with Crippen LogP contribution >= 0.6 is 11.6 Å². The van der Waals surface area contributed by atoms with Gasteiger partial charge < -0.3 is 14.8 Å². The number of aromatic nitrogens is 1. The van der Waals surface area contributed by atoms with E-state index >= 15 is 0 Å². The molecule has 0 unspecified atom stereocenters. The van der Waals surface area contributed by atoms with E-state index < -0.39 is 24.7 Å².